The minimum Gasteiger partial charge on any atom is -0.294 e. The summed E-state index contributed by atoms with van der Waals surface area (Å²) in [4.78, 5) is 12.9. The highest BCUT2D eigenvalue weighted by Crippen LogP contribution is 2.21. The van der Waals surface area contributed by atoms with Gasteiger partial charge in [-0.05, 0) is 24.1 Å². The molecular formula is C22H21N2O+. The van der Waals surface area contributed by atoms with Crippen molar-refractivity contribution in [2.24, 2.45) is 5.92 Å². The summed E-state index contributed by atoms with van der Waals surface area (Å²) in [6, 6.07) is 24.4. The number of hydrogen-bond donors (Lipinski definition) is 1. The molecule has 0 fully saturated rings. The Hall–Kier alpha value is -2.94. The Labute approximate surface area is 148 Å². The molecule has 0 spiro atoms. The minimum atomic E-state index is -0.0406. The second-order valence-electron chi connectivity index (χ2n) is 6.55. The predicted molar refractivity (Wildman–Crippen MR) is 99.6 cm³/mol. The van der Waals surface area contributed by atoms with E-state index in [1.165, 1.54) is 11.3 Å². The lowest BCUT2D eigenvalue weighted by molar-refractivity contribution is -0.696. The number of hydrogen-bond acceptors (Lipinski definition) is 2. The van der Waals surface area contributed by atoms with Crippen molar-refractivity contribution in [2.45, 2.75) is 13.5 Å². The molecule has 3 nitrogen and oxygen atoms in total. The molecule has 1 aromatic heterocycles. The highest BCUT2D eigenvalue weighted by molar-refractivity contribution is 5.98. The maximum atomic E-state index is 12.9. The normalized spacial score (nSPS) is 16.0. The van der Waals surface area contributed by atoms with Gasteiger partial charge in [-0.25, -0.2) is 4.57 Å². The second kappa shape index (κ2) is 6.52. The van der Waals surface area contributed by atoms with Crippen LogP contribution >= 0.6 is 0 Å². The average molecular weight is 329 g/mol. The SMILES string of the molecule is Cc1cccc2[n+]1CC(C(=O)c1ccc(-c3ccccc3)cc1)CN2. The fraction of sp³-hybridized carbons (Fsp3) is 0.182. The van der Waals surface area contributed by atoms with E-state index in [0.29, 0.717) is 6.54 Å². The summed E-state index contributed by atoms with van der Waals surface area (Å²) in [7, 11) is 0. The Balaban J connectivity index is 1.55. The third-order valence-electron chi connectivity index (χ3n) is 4.89. The monoisotopic (exact) mass is 329 g/mol. The smallest absolute Gasteiger partial charge is 0.274 e. The number of carbonyl (C=O) groups is 1. The van der Waals surface area contributed by atoms with E-state index in [1.807, 2.05) is 48.5 Å². The lowest BCUT2D eigenvalue weighted by atomic mass is 9.94. The van der Waals surface area contributed by atoms with E-state index in [1.54, 1.807) is 0 Å². The van der Waals surface area contributed by atoms with Crippen LogP contribution in [0.15, 0.2) is 72.8 Å². The van der Waals surface area contributed by atoms with E-state index in [9.17, 15) is 4.79 Å². The van der Waals surface area contributed by atoms with E-state index in [2.05, 4.69) is 41.1 Å². The van der Waals surface area contributed by atoms with Crippen molar-refractivity contribution in [3.05, 3.63) is 84.1 Å². The Kier molecular flexibility index (Phi) is 4.06. The summed E-state index contributed by atoms with van der Waals surface area (Å²) in [5, 5.41) is 3.38. The van der Waals surface area contributed by atoms with Crippen LogP contribution in [0.3, 0.4) is 0 Å². The quantitative estimate of drug-likeness (QED) is 0.584. The van der Waals surface area contributed by atoms with E-state index < -0.39 is 0 Å². The molecule has 1 atom stereocenters. The molecule has 3 aromatic rings. The van der Waals surface area contributed by atoms with Crippen molar-refractivity contribution in [1.82, 2.24) is 0 Å². The summed E-state index contributed by atoms with van der Waals surface area (Å²) in [5.41, 5.74) is 4.25. The molecule has 0 amide bonds. The molecule has 0 radical (unpaired) electrons. The van der Waals surface area contributed by atoms with Crippen LogP contribution in [-0.4, -0.2) is 12.3 Å². The summed E-state index contributed by atoms with van der Waals surface area (Å²) >= 11 is 0. The van der Waals surface area contributed by atoms with Crippen LogP contribution in [0.2, 0.25) is 0 Å². The van der Waals surface area contributed by atoms with Gasteiger partial charge < -0.3 is 0 Å². The molecule has 1 aliphatic rings. The van der Waals surface area contributed by atoms with Crippen LogP contribution in [0.5, 0.6) is 0 Å². The molecule has 1 aliphatic heterocycles. The van der Waals surface area contributed by atoms with Gasteiger partial charge in [0.15, 0.2) is 5.78 Å². The number of nitrogens with one attached hydrogen (secondary N) is 1. The first-order valence-electron chi connectivity index (χ1n) is 8.65. The number of aryl methyl sites for hydroxylation is 1. The van der Waals surface area contributed by atoms with Crippen molar-refractivity contribution in [3.63, 3.8) is 0 Å². The van der Waals surface area contributed by atoms with Gasteiger partial charge in [0.2, 0.25) is 0 Å². The molecule has 0 aliphatic carbocycles. The highest BCUT2D eigenvalue weighted by atomic mass is 16.1. The summed E-state index contributed by atoms with van der Waals surface area (Å²) in [5.74, 6) is 1.25. The van der Waals surface area contributed by atoms with Gasteiger partial charge in [0.25, 0.3) is 5.82 Å². The Morgan fingerprint density at radius 2 is 1.64 bits per heavy atom. The Bertz CT molecular complexity index is 901. The van der Waals surface area contributed by atoms with Gasteiger partial charge in [-0.15, -0.1) is 0 Å². The van der Waals surface area contributed by atoms with Gasteiger partial charge >= 0.3 is 0 Å². The summed E-state index contributed by atoms with van der Waals surface area (Å²) < 4.78 is 2.18. The number of pyridine rings is 1. The molecule has 1 N–H and O–H groups in total. The molecule has 4 rings (SSSR count). The first kappa shape index (κ1) is 15.6. The maximum Gasteiger partial charge on any atom is 0.274 e. The molecule has 1 unspecified atom stereocenters. The van der Waals surface area contributed by atoms with E-state index in [0.717, 1.165) is 23.5 Å². The van der Waals surface area contributed by atoms with Crippen molar-refractivity contribution in [3.8, 4) is 11.1 Å². The zero-order chi connectivity index (χ0) is 17.2. The van der Waals surface area contributed by atoms with Crippen LogP contribution in [0.4, 0.5) is 5.82 Å². The number of Topliss-reactive ketones (excluding diaryl/α,β-unsaturated/α-hetero) is 1. The summed E-state index contributed by atoms with van der Waals surface area (Å²) in [6.07, 6.45) is 0. The van der Waals surface area contributed by atoms with Crippen LogP contribution in [-0.2, 0) is 6.54 Å². The first-order chi connectivity index (χ1) is 12.2. The minimum absolute atomic E-state index is 0.0406. The zero-order valence-corrected chi connectivity index (χ0v) is 14.3. The Morgan fingerprint density at radius 3 is 2.40 bits per heavy atom. The maximum absolute atomic E-state index is 12.9. The molecule has 3 heteroatoms. The van der Waals surface area contributed by atoms with Crippen molar-refractivity contribution >= 4 is 11.6 Å². The zero-order valence-electron chi connectivity index (χ0n) is 14.3. The van der Waals surface area contributed by atoms with E-state index in [4.69, 9.17) is 0 Å². The van der Waals surface area contributed by atoms with Gasteiger partial charge in [-0.2, -0.15) is 0 Å². The number of aromatic nitrogens is 1. The number of ketones is 1. The fourth-order valence-electron chi connectivity index (χ4n) is 3.43. The fourth-order valence-corrected chi connectivity index (χ4v) is 3.43. The van der Waals surface area contributed by atoms with Crippen LogP contribution in [0, 0.1) is 12.8 Å². The van der Waals surface area contributed by atoms with Gasteiger partial charge in [-0.3, -0.25) is 10.1 Å². The molecule has 2 heterocycles. The lowest BCUT2D eigenvalue weighted by Crippen LogP contribution is -2.51. The Morgan fingerprint density at radius 1 is 0.920 bits per heavy atom. The van der Waals surface area contributed by atoms with E-state index >= 15 is 0 Å². The molecule has 2 aromatic carbocycles. The molecule has 0 saturated heterocycles. The largest absolute Gasteiger partial charge is 0.294 e. The molecule has 25 heavy (non-hydrogen) atoms. The topological polar surface area (TPSA) is 33.0 Å². The number of fused-ring (bicyclic) bond motifs is 1. The summed E-state index contributed by atoms with van der Waals surface area (Å²) in [6.45, 7) is 3.49. The van der Waals surface area contributed by atoms with Gasteiger partial charge in [0.1, 0.15) is 12.2 Å². The van der Waals surface area contributed by atoms with Gasteiger partial charge in [0, 0.05) is 11.6 Å². The van der Waals surface area contributed by atoms with Gasteiger partial charge in [-0.1, -0.05) is 60.7 Å². The van der Waals surface area contributed by atoms with Gasteiger partial charge in [0.05, 0.1) is 12.5 Å². The van der Waals surface area contributed by atoms with Crippen molar-refractivity contribution in [2.75, 3.05) is 11.9 Å². The number of carbonyl (C=O) groups excluding carboxylic acids is 1. The third-order valence-corrected chi connectivity index (χ3v) is 4.89. The standard InChI is InChI=1S/C22H20N2O/c1-16-6-5-9-21-23-14-20(15-24(16)21)22(25)19-12-10-18(11-13-19)17-7-3-2-4-8-17/h2-13,20H,14-15H2,1H3/p+1. The number of anilines is 1. The molecule has 0 saturated carbocycles. The number of rotatable bonds is 3. The third kappa shape index (κ3) is 3.05. The molecule has 124 valence electrons. The predicted octanol–water partition coefficient (Wildman–Crippen LogP) is 3.87. The number of benzene rings is 2. The van der Waals surface area contributed by atoms with Crippen LogP contribution in [0.25, 0.3) is 11.1 Å². The van der Waals surface area contributed by atoms with Crippen LogP contribution < -0.4 is 9.88 Å². The average Bonchev–Trinajstić information content (AvgIpc) is 2.68. The van der Waals surface area contributed by atoms with E-state index in [-0.39, 0.29) is 11.7 Å². The highest BCUT2D eigenvalue weighted by Gasteiger charge is 2.30. The first-order valence-corrected chi connectivity index (χ1v) is 8.65. The van der Waals surface area contributed by atoms with Crippen LogP contribution in [0.1, 0.15) is 16.1 Å². The lowest BCUT2D eigenvalue weighted by Gasteiger charge is -2.21. The number of nitrogens with zero attached hydrogens (tertiary/aromatic N) is 1. The second-order valence-corrected chi connectivity index (χ2v) is 6.55. The molecule has 0 bridgehead atoms. The van der Waals surface area contributed by atoms with Crippen molar-refractivity contribution in [1.29, 1.82) is 0 Å². The van der Waals surface area contributed by atoms with Crippen molar-refractivity contribution < 1.29 is 9.36 Å². The molecular weight excluding hydrogens is 308 g/mol.